The zero-order valence-corrected chi connectivity index (χ0v) is 12.0. The molecule has 0 aliphatic heterocycles. The van der Waals surface area contributed by atoms with Gasteiger partial charge in [-0.05, 0) is 12.8 Å². The number of carboxylic acids is 1. The molecule has 1 aromatic rings. The van der Waals surface area contributed by atoms with Crippen molar-refractivity contribution in [2.45, 2.75) is 25.7 Å². The number of aliphatic carboxylic acids is 1. The summed E-state index contributed by atoms with van der Waals surface area (Å²) in [5, 5.41) is 11.8. The Labute approximate surface area is 125 Å². The third-order valence-corrected chi connectivity index (χ3v) is 4.15. The molecule has 108 valence electrons. The summed E-state index contributed by atoms with van der Waals surface area (Å²) in [7, 11) is 0. The number of carboxylic acid groups (broad SMARTS) is 1. The number of halogens is 2. The zero-order chi connectivity index (χ0) is 14.7. The highest BCUT2D eigenvalue weighted by atomic mass is 35.5. The number of aromatic nitrogens is 2. The highest BCUT2D eigenvalue weighted by Gasteiger charge is 2.36. The molecule has 0 radical (unpaired) electrons. The molecule has 20 heavy (non-hydrogen) atoms. The second-order valence-electron chi connectivity index (χ2n) is 4.65. The summed E-state index contributed by atoms with van der Waals surface area (Å²) in [6.07, 6.45) is 3.88. The van der Waals surface area contributed by atoms with Crippen molar-refractivity contribution in [2.75, 3.05) is 5.32 Å². The van der Waals surface area contributed by atoms with Crippen LogP contribution >= 0.6 is 23.2 Å². The lowest BCUT2D eigenvalue weighted by Crippen LogP contribution is -2.36. The van der Waals surface area contributed by atoms with Crippen LogP contribution in [0.3, 0.4) is 0 Å². The van der Waals surface area contributed by atoms with Crippen molar-refractivity contribution in [1.29, 1.82) is 0 Å². The molecule has 1 saturated carbocycles. The molecule has 1 aromatic heterocycles. The van der Waals surface area contributed by atoms with Crippen molar-refractivity contribution >= 4 is 40.9 Å². The number of carbonyl (C=O) groups is 2. The molecule has 1 amide bonds. The zero-order valence-electron chi connectivity index (χ0n) is 10.5. The first-order valence-corrected chi connectivity index (χ1v) is 6.96. The van der Waals surface area contributed by atoms with Gasteiger partial charge in [-0.25, -0.2) is 9.97 Å². The van der Waals surface area contributed by atoms with Crippen LogP contribution in [0.15, 0.2) is 6.33 Å². The van der Waals surface area contributed by atoms with Crippen molar-refractivity contribution in [3.8, 4) is 0 Å². The first-order chi connectivity index (χ1) is 9.50. The number of anilines is 1. The predicted octanol–water partition coefficient (Wildman–Crippen LogP) is 2.61. The van der Waals surface area contributed by atoms with Gasteiger partial charge in [0.25, 0.3) is 0 Å². The molecule has 2 unspecified atom stereocenters. The van der Waals surface area contributed by atoms with Gasteiger partial charge in [-0.15, -0.1) is 0 Å². The molecule has 8 heteroatoms. The van der Waals surface area contributed by atoms with E-state index in [4.69, 9.17) is 28.3 Å². The summed E-state index contributed by atoms with van der Waals surface area (Å²) < 4.78 is 0. The second-order valence-corrected chi connectivity index (χ2v) is 5.39. The van der Waals surface area contributed by atoms with Gasteiger partial charge in [0.2, 0.25) is 5.91 Å². The van der Waals surface area contributed by atoms with E-state index in [-0.39, 0.29) is 16.0 Å². The molecule has 0 aromatic carbocycles. The van der Waals surface area contributed by atoms with Crippen LogP contribution in [0, 0.1) is 11.8 Å². The SMILES string of the molecule is O=C(O)C1CCCCC1C(=O)Nc1ncnc(Cl)c1Cl. The minimum atomic E-state index is -0.948. The van der Waals surface area contributed by atoms with Crippen LogP contribution in [-0.4, -0.2) is 27.0 Å². The van der Waals surface area contributed by atoms with E-state index >= 15 is 0 Å². The molecule has 2 atom stereocenters. The number of hydrogen-bond acceptors (Lipinski definition) is 4. The first-order valence-electron chi connectivity index (χ1n) is 6.20. The van der Waals surface area contributed by atoms with Gasteiger partial charge in [0.05, 0.1) is 11.8 Å². The lowest BCUT2D eigenvalue weighted by molar-refractivity contribution is -0.147. The summed E-state index contributed by atoms with van der Waals surface area (Å²) >= 11 is 11.6. The van der Waals surface area contributed by atoms with Crippen LogP contribution in [0.25, 0.3) is 0 Å². The summed E-state index contributed by atoms with van der Waals surface area (Å²) in [5.74, 6) is -2.48. The van der Waals surface area contributed by atoms with Crippen molar-refractivity contribution in [3.63, 3.8) is 0 Å². The number of rotatable bonds is 3. The number of amides is 1. The minimum absolute atomic E-state index is 0.0374. The molecule has 1 heterocycles. The van der Waals surface area contributed by atoms with E-state index in [0.29, 0.717) is 12.8 Å². The lowest BCUT2D eigenvalue weighted by atomic mass is 9.79. The van der Waals surface area contributed by atoms with Crippen LogP contribution < -0.4 is 5.32 Å². The molecule has 0 spiro atoms. The predicted molar refractivity (Wildman–Crippen MR) is 73.8 cm³/mol. The van der Waals surface area contributed by atoms with Crippen LogP contribution in [0.1, 0.15) is 25.7 Å². The minimum Gasteiger partial charge on any atom is -0.481 e. The van der Waals surface area contributed by atoms with Gasteiger partial charge in [-0.3, -0.25) is 9.59 Å². The van der Waals surface area contributed by atoms with Gasteiger partial charge in [0.15, 0.2) is 11.0 Å². The molecule has 0 saturated heterocycles. The molecule has 1 aliphatic carbocycles. The van der Waals surface area contributed by atoms with Crippen molar-refractivity contribution in [2.24, 2.45) is 11.8 Å². The van der Waals surface area contributed by atoms with Gasteiger partial charge in [-0.2, -0.15) is 0 Å². The maximum absolute atomic E-state index is 12.2. The fourth-order valence-electron chi connectivity index (χ4n) is 2.39. The molecular weight excluding hydrogens is 305 g/mol. The molecule has 0 bridgehead atoms. The normalized spacial score (nSPS) is 22.3. The van der Waals surface area contributed by atoms with E-state index < -0.39 is 23.7 Å². The average molecular weight is 318 g/mol. The maximum Gasteiger partial charge on any atom is 0.307 e. The third-order valence-electron chi connectivity index (χ3n) is 3.41. The summed E-state index contributed by atoms with van der Waals surface area (Å²) in [6, 6.07) is 0. The van der Waals surface area contributed by atoms with Gasteiger partial charge < -0.3 is 10.4 Å². The Hall–Kier alpha value is -1.40. The Morgan fingerprint density at radius 3 is 2.50 bits per heavy atom. The van der Waals surface area contributed by atoms with Gasteiger partial charge in [0, 0.05) is 0 Å². The topological polar surface area (TPSA) is 92.2 Å². The second kappa shape index (κ2) is 6.37. The van der Waals surface area contributed by atoms with E-state index in [1.54, 1.807) is 0 Å². The van der Waals surface area contributed by atoms with Gasteiger partial charge in [0.1, 0.15) is 11.3 Å². The van der Waals surface area contributed by atoms with Gasteiger partial charge in [-0.1, -0.05) is 36.0 Å². The first kappa shape index (κ1) is 15.0. The van der Waals surface area contributed by atoms with E-state index in [1.807, 2.05) is 0 Å². The smallest absolute Gasteiger partial charge is 0.307 e. The Morgan fingerprint density at radius 1 is 1.20 bits per heavy atom. The number of hydrogen-bond donors (Lipinski definition) is 2. The third kappa shape index (κ3) is 3.19. The molecule has 1 fully saturated rings. The van der Waals surface area contributed by atoms with Gasteiger partial charge >= 0.3 is 5.97 Å². The fraction of sp³-hybridized carbons (Fsp3) is 0.500. The Bertz CT molecular complexity index is 539. The van der Waals surface area contributed by atoms with Crippen LogP contribution in [0.5, 0.6) is 0 Å². The van der Waals surface area contributed by atoms with E-state index in [0.717, 1.165) is 12.8 Å². The highest BCUT2D eigenvalue weighted by Crippen LogP contribution is 2.32. The van der Waals surface area contributed by atoms with Crippen molar-refractivity contribution in [1.82, 2.24) is 9.97 Å². The summed E-state index contributed by atoms with van der Waals surface area (Å²) in [6.45, 7) is 0. The Morgan fingerprint density at radius 2 is 1.85 bits per heavy atom. The van der Waals surface area contributed by atoms with Crippen LogP contribution in [0.2, 0.25) is 10.2 Å². The van der Waals surface area contributed by atoms with Crippen LogP contribution in [0.4, 0.5) is 5.82 Å². The highest BCUT2D eigenvalue weighted by molar-refractivity contribution is 6.42. The molecular formula is C12H13Cl2N3O3. The number of carbonyl (C=O) groups excluding carboxylic acids is 1. The van der Waals surface area contributed by atoms with Crippen molar-refractivity contribution in [3.05, 3.63) is 16.5 Å². The molecule has 1 aliphatic rings. The fourth-order valence-corrected chi connectivity index (χ4v) is 2.66. The standard InChI is InChI=1S/C12H13Cl2N3O3/c13-8-9(14)15-5-16-10(8)17-11(18)6-3-1-2-4-7(6)12(19)20/h5-7H,1-4H2,(H,19,20)(H,15,16,17,18). The van der Waals surface area contributed by atoms with E-state index in [2.05, 4.69) is 15.3 Å². The maximum atomic E-state index is 12.2. The number of nitrogens with zero attached hydrogens (tertiary/aromatic N) is 2. The summed E-state index contributed by atoms with van der Waals surface area (Å²) in [5.41, 5.74) is 0. The van der Waals surface area contributed by atoms with Crippen LogP contribution in [-0.2, 0) is 9.59 Å². The summed E-state index contributed by atoms with van der Waals surface area (Å²) in [4.78, 5) is 30.9. The lowest BCUT2D eigenvalue weighted by Gasteiger charge is -2.27. The quantitative estimate of drug-likeness (QED) is 0.836. The van der Waals surface area contributed by atoms with E-state index in [9.17, 15) is 9.59 Å². The molecule has 2 rings (SSSR count). The van der Waals surface area contributed by atoms with Crippen molar-refractivity contribution < 1.29 is 14.7 Å². The molecule has 2 N–H and O–H groups in total. The Balaban J connectivity index is 2.14. The largest absolute Gasteiger partial charge is 0.481 e. The number of nitrogens with one attached hydrogen (secondary N) is 1. The Kier molecular flexibility index (Phi) is 4.77. The molecule has 6 nitrogen and oxygen atoms in total. The monoisotopic (exact) mass is 317 g/mol. The van der Waals surface area contributed by atoms with E-state index in [1.165, 1.54) is 6.33 Å². The average Bonchev–Trinajstić information content (AvgIpc) is 2.43.